The maximum atomic E-state index is 10.4. The Balaban J connectivity index is 2.06. The third-order valence-electron chi connectivity index (χ3n) is 3.63. The Morgan fingerprint density at radius 3 is 2.25 bits per heavy atom. The van der Waals surface area contributed by atoms with E-state index in [9.17, 15) is 5.11 Å². The van der Waals surface area contributed by atoms with Crippen LogP contribution in [0.4, 0.5) is 0 Å². The maximum absolute atomic E-state index is 10.4. The zero-order valence-electron chi connectivity index (χ0n) is 9.95. The largest absolute Gasteiger partial charge is 0.388 e. The highest BCUT2D eigenvalue weighted by atomic mass is 16.3. The van der Waals surface area contributed by atoms with E-state index in [1.807, 2.05) is 0 Å². The number of hydrogen-bond acceptors (Lipinski definition) is 2. The fourth-order valence-electron chi connectivity index (χ4n) is 2.25. The predicted molar refractivity (Wildman–Crippen MR) is 66.3 cm³/mol. The first-order valence-electron chi connectivity index (χ1n) is 6.18. The predicted octanol–water partition coefficient (Wildman–Crippen LogP) is 1.89. The lowest BCUT2D eigenvalue weighted by Gasteiger charge is -2.26. The normalized spacial score (nSPS) is 19.4. The van der Waals surface area contributed by atoms with Crippen molar-refractivity contribution in [3.05, 3.63) is 35.4 Å². The standard InChI is InChI=1S/C14H21NO/c1-2-11-3-5-12(6-4-11)9-14(16,10-15)13-7-8-13/h3-6,13,16H,2,7-10,15H2,1H3. The van der Waals surface area contributed by atoms with E-state index in [-0.39, 0.29) is 0 Å². The van der Waals surface area contributed by atoms with Crippen molar-refractivity contribution in [1.29, 1.82) is 0 Å². The van der Waals surface area contributed by atoms with Gasteiger partial charge >= 0.3 is 0 Å². The summed E-state index contributed by atoms with van der Waals surface area (Å²) in [7, 11) is 0. The van der Waals surface area contributed by atoms with E-state index in [4.69, 9.17) is 5.73 Å². The minimum absolute atomic E-state index is 0.368. The molecular formula is C14H21NO. The van der Waals surface area contributed by atoms with Crippen LogP contribution in [0.5, 0.6) is 0 Å². The Morgan fingerprint density at radius 2 is 1.81 bits per heavy atom. The molecule has 2 rings (SSSR count). The van der Waals surface area contributed by atoms with E-state index in [2.05, 4.69) is 31.2 Å². The van der Waals surface area contributed by atoms with E-state index in [0.29, 0.717) is 18.9 Å². The third kappa shape index (κ3) is 2.45. The summed E-state index contributed by atoms with van der Waals surface area (Å²) >= 11 is 0. The molecule has 0 radical (unpaired) electrons. The number of hydrogen-bond donors (Lipinski definition) is 2. The van der Waals surface area contributed by atoms with Gasteiger partial charge in [0.05, 0.1) is 5.60 Å². The monoisotopic (exact) mass is 219 g/mol. The summed E-state index contributed by atoms with van der Waals surface area (Å²) in [6, 6.07) is 8.50. The molecule has 3 N–H and O–H groups in total. The van der Waals surface area contributed by atoms with Crippen LogP contribution in [0.25, 0.3) is 0 Å². The summed E-state index contributed by atoms with van der Waals surface area (Å²) in [6.07, 6.45) is 4.00. The molecule has 0 spiro atoms. The van der Waals surface area contributed by atoms with Crippen LogP contribution in [0.1, 0.15) is 30.9 Å². The zero-order chi connectivity index (χ0) is 11.6. The number of rotatable bonds is 5. The third-order valence-corrected chi connectivity index (χ3v) is 3.63. The highest BCUT2D eigenvalue weighted by molar-refractivity contribution is 5.24. The van der Waals surface area contributed by atoms with Gasteiger partial charge in [0.25, 0.3) is 0 Å². The van der Waals surface area contributed by atoms with Crippen molar-refractivity contribution >= 4 is 0 Å². The molecule has 88 valence electrons. The van der Waals surface area contributed by atoms with Crippen molar-refractivity contribution < 1.29 is 5.11 Å². The van der Waals surface area contributed by atoms with E-state index < -0.39 is 5.60 Å². The van der Waals surface area contributed by atoms with Crippen LogP contribution >= 0.6 is 0 Å². The van der Waals surface area contributed by atoms with Gasteiger partial charge in [-0.25, -0.2) is 0 Å². The maximum Gasteiger partial charge on any atom is 0.0837 e. The van der Waals surface area contributed by atoms with Gasteiger partial charge in [-0.2, -0.15) is 0 Å². The van der Waals surface area contributed by atoms with Gasteiger partial charge in [-0.05, 0) is 36.3 Å². The van der Waals surface area contributed by atoms with Gasteiger partial charge < -0.3 is 10.8 Å². The number of benzene rings is 1. The second kappa shape index (κ2) is 4.56. The van der Waals surface area contributed by atoms with Crippen molar-refractivity contribution in [2.45, 2.75) is 38.2 Å². The zero-order valence-corrected chi connectivity index (χ0v) is 9.95. The molecule has 16 heavy (non-hydrogen) atoms. The van der Waals surface area contributed by atoms with Gasteiger partial charge in [0, 0.05) is 13.0 Å². The summed E-state index contributed by atoms with van der Waals surface area (Å²) < 4.78 is 0. The average Bonchev–Trinajstić information content (AvgIpc) is 3.14. The molecule has 1 fully saturated rings. The molecule has 0 amide bonds. The van der Waals surface area contributed by atoms with Crippen LogP contribution in [-0.4, -0.2) is 17.3 Å². The van der Waals surface area contributed by atoms with E-state index in [1.165, 1.54) is 11.1 Å². The molecule has 0 aromatic heterocycles. The molecule has 0 heterocycles. The molecule has 1 aromatic carbocycles. The summed E-state index contributed by atoms with van der Waals surface area (Å²) in [4.78, 5) is 0. The second-order valence-corrected chi connectivity index (χ2v) is 4.93. The number of aryl methyl sites for hydroxylation is 1. The highest BCUT2D eigenvalue weighted by Gasteiger charge is 2.42. The van der Waals surface area contributed by atoms with Crippen LogP contribution in [0.3, 0.4) is 0 Å². The number of aliphatic hydroxyl groups is 1. The average molecular weight is 219 g/mol. The molecule has 1 unspecified atom stereocenters. The van der Waals surface area contributed by atoms with Crippen molar-refractivity contribution in [2.24, 2.45) is 11.7 Å². The first kappa shape index (κ1) is 11.6. The van der Waals surface area contributed by atoms with Gasteiger partial charge in [-0.15, -0.1) is 0 Å². The molecular weight excluding hydrogens is 198 g/mol. The Labute approximate surface area is 97.5 Å². The SMILES string of the molecule is CCc1ccc(CC(O)(CN)C2CC2)cc1. The van der Waals surface area contributed by atoms with Gasteiger partial charge in [0.15, 0.2) is 0 Å². The first-order chi connectivity index (χ1) is 7.68. The molecule has 1 aromatic rings. The van der Waals surface area contributed by atoms with E-state index in [0.717, 1.165) is 19.3 Å². The van der Waals surface area contributed by atoms with Crippen LogP contribution in [0, 0.1) is 5.92 Å². The van der Waals surface area contributed by atoms with Gasteiger partial charge in [0.1, 0.15) is 0 Å². The smallest absolute Gasteiger partial charge is 0.0837 e. The lowest BCUT2D eigenvalue weighted by atomic mass is 9.89. The van der Waals surface area contributed by atoms with Gasteiger partial charge in [-0.1, -0.05) is 31.2 Å². The van der Waals surface area contributed by atoms with Crippen molar-refractivity contribution in [3.63, 3.8) is 0 Å². The van der Waals surface area contributed by atoms with Gasteiger partial charge in [0.2, 0.25) is 0 Å². The van der Waals surface area contributed by atoms with Crippen LogP contribution in [-0.2, 0) is 12.8 Å². The van der Waals surface area contributed by atoms with E-state index in [1.54, 1.807) is 0 Å². The van der Waals surface area contributed by atoms with Gasteiger partial charge in [-0.3, -0.25) is 0 Å². The summed E-state index contributed by atoms with van der Waals surface area (Å²) in [5, 5.41) is 10.4. The van der Waals surface area contributed by atoms with Crippen LogP contribution < -0.4 is 5.73 Å². The van der Waals surface area contributed by atoms with Crippen molar-refractivity contribution in [2.75, 3.05) is 6.54 Å². The lowest BCUT2D eigenvalue weighted by Crippen LogP contribution is -2.42. The molecule has 1 atom stereocenters. The molecule has 1 aliphatic carbocycles. The Morgan fingerprint density at radius 1 is 1.25 bits per heavy atom. The summed E-state index contributed by atoms with van der Waals surface area (Å²) in [6.45, 7) is 2.52. The molecule has 1 aliphatic rings. The molecule has 0 aliphatic heterocycles. The molecule has 1 saturated carbocycles. The highest BCUT2D eigenvalue weighted by Crippen LogP contribution is 2.40. The quantitative estimate of drug-likeness (QED) is 0.794. The fourth-order valence-corrected chi connectivity index (χ4v) is 2.25. The summed E-state index contributed by atoms with van der Waals surface area (Å²) in [5.41, 5.74) is 7.56. The molecule has 2 heteroatoms. The van der Waals surface area contributed by atoms with E-state index >= 15 is 0 Å². The van der Waals surface area contributed by atoms with Crippen LogP contribution in [0.2, 0.25) is 0 Å². The molecule has 0 saturated heterocycles. The Hall–Kier alpha value is -0.860. The first-order valence-corrected chi connectivity index (χ1v) is 6.18. The topological polar surface area (TPSA) is 46.2 Å². The Kier molecular flexibility index (Phi) is 3.31. The minimum atomic E-state index is -0.673. The second-order valence-electron chi connectivity index (χ2n) is 4.93. The fraction of sp³-hybridized carbons (Fsp3) is 0.571. The van der Waals surface area contributed by atoms with Crippen molar-refractivity contribution in [1.82, 2.24) is 0 Å². The van der Waals surface area contributed by atoms with Crippen LogP contribution in [0.15, 0.2) is 24.3 Å². The Bertz CT molecular complexity index is 342. The molecule has 0 bridgehead atoms. The summed E-state index contributed by atoms with van der Waals surface area (Å²) in [5.74, 6) is 0.420. The minimum Gasteiger partial charge on any atom is -0.388 e. The van der Waals surface area contributed by atoms with Crippen molar-refractivity contribution in [3.8, 4) is 0 Å². The number of nitrogens with two attached hydrogens (primary N) is 1. The molecule has 2 nitrogen and oxygen atoms in total. The lowest BCUT2D eigenvalue weighted by molar-refractivity contribution is 0.0267.